The van der Waals surface area contributed by atoms with Crippen LogP contribution in [0.15, 0.2) is 30.3 Å². The summed E-state index contributed by atoms with van der Waals surface area (Å²) < 4.78 is 5.59. The fourth-order valence-corrected chi connectivity index (χ4v) is 3.04. The van der Waals surface area contributed by atoms with Gasteiger partial charge in [-0.25, -0.2) is 0 Å². The molecule has 1 N–H and O–H groups in total. The van der Waals surface area contributed by atoms with Crippen molar-refractivity contribution >= 4 is 17.8 Å². The molecule has 1 fully saturated rings. The molecule has 142 valence electrons. The number of hydrogen-bond donors (Lipinski definition) is 1. The molecule has 1 atom stereocenters. The number of amides is 2. The molecule has 0 aromatic heterocycles. The van der Waals surface area contributed by atoms with E-state index in [0.29, 0.717) is 19.7 Å². The molecule has 8 heteroatoms. The van der Waals surface area contributed by atoms with E-state index in [1.54, 1.807) is 18.7 Å². The molecule has 0 bridgehead atoms. The first-order valence-corrected chi connectivity index (χ1v) is 8.70. The van der Waals surface area contributed by atoms with Crippen LogP contribution in [-0.2, 0) is 14.4 Å². The van der Waals surface area contributed by atoms with Gasteiger partial charge in [0.05, 0.1) is 12.6 Å². The number of hydrogen-bond acceptors (Lipinski definition) is 5. The molecule has 1 aromatic carbocycles. The van der Waals surface area contributed by atoms with E-state index >= 15 is 0 Å². The van der Waals surface area contributed by atoms with E-state index in [4.69, 9.17) is 4.74 Å². The molecule has 1 unspecified atom stereocenters. The Balaban J connectivity index is 0.00000364. The fraction of sp³-hybridized carbons (Fsp3) is 0.526. The Hall–Kier alpha value is -1.57. The van der Waals surface area contributed by atoms with Crippen LogP contribution in [0.3, 0.4) is 0 Å². The predicted octanol–water partition coefficient (Wildman–Crippen LogP) is -2.66. The van der Waals surface area contributed by atoms with Crippen molar-refractivity contribution in [2.75, 3.05) is 19.7 Å². The van der Waals surface area contributed by atoms with Crippen molar-refractivity contribution in [2.24, 2.45) is 5.41 Å². The number of carbonyl (C=O) groups is 3. The number of nitrogens with zero attached hydrogens (tertiary/aromatic N) is 1. The normalized spacial score (nSPS) is 16.6. The zero-order chi connectivity index (χ0) is 19.2. The number of aliphatic carboxylic acids is 1. The maximum Gasteiger partial charge on any atom is 1.00 e. The largest absolute Gasteiger partial charge is 1.00 e. The van der Waals surface area contributed by atoms with Crippen molar-refractivity contribution < 1.29 is 53.8 Å². The smallest absolute Gasteiger partial charge is 0.550 e. The molecule has 1 saturated heterocycles. The van der Waals surface area contributed by atoms with Gasteiger partial charge in [-0.15, -0.1) is 0 Å². The summed E-state index contributed by atoms with van der Waals surface area (Å²) in [5.41, 5.74) is -0.686. The van der Waals surface area contributed by atoms with Crippen LogP contribution in [0, 0.1) is 5.41 Å². The van der Waals surface area contributed by atoms with Gasteiger partial charge in [0.25, 0.3) is 0 Å². The second-order valence-corrected chi connectivity index (χ2v) is 7.36. The molecule has 1 aliphatic heterocycles. The van der Waals surface area contributed by atoms with E-state index < -0.39 is 11.4 Å². The summed E-state index contributed by atoms with van der Waals surface area (Å²) in [6.45, 7) is 4.68. The third-order valence-corrected chi connectivity index (χ3v) is 4.21. The van der Waals surface area contributed by atoms with Crippen molar-refractivity contribution in [1.29, 1.82) is 0 Å². The Morgan fingerprint density at radius 1 is 1.26 bits per heavy atom. The van der Waals surface area contributed by atoms with Crippen LogP contribution in [0.4, 0.5) is 0 Å². The number of rotatable bonds is 9. The van der Waals surface area contributed by atoms with Crippen molar-refractivity contribution in [3.05, 3.63) is 30.3 Å². The van der Waals surface area contributed by atoms with E-state index in [1.807, 2.05) is 30.3 Å². The molecule has 0 aliphatic carbocycles. The Labute approximate surface area is 181 Å². The minimum absolute atomic E-state index is 0. The van der Waals surface area contributed by atoms with Crippen molar-refractivity contribution in [1.82, 2.24) is 10.2 Å². The topological polar surface area (TPSA) is 98.8 Å². The van der Waals surface area contributed by atoms with E-state index in [2.05, 4.69) is 5.32 Å². The molecule has 0 saturated carbocycles. The fourth-order valence-electron chi connectivity index (χ4n) is 3.04. The quantitative estimate of drug-likeness (QED) is 0.469. The van der Waals surface area contributed by atoms with Crippen LogP contribution in [-0.4, -0.2) is 48.4 Å². The third-order valence-electron chi connectivity index (χ3n) is 4.21. The molecule has 0 spiro atoms. The van der Waals surface area contributed by atoms with Gasteiger partial charge in [-0.05, 0) is 24.0 Å². The number of benzene rings is 1. The Bertz CT molecular complexity index is 651. The average molecular weight is 384 g/mol. The van der Waals surface area contributed by atoms with Crippen LogP contribution >= 0.6 is 0 Å². The number of carboxylic acid groups (broad SMARTS) is 1. The van der Waals surface area contributed by atoms with Crippen LogP contribution in [0.5, 0.6) is 5.75 Å². The maximum absolute atomic E-state index is 12.1. The minimum Gasteiger partial charge on any atom is -0.550 e. The Kier molecular flexibility index (Phi) is 9.29. The third kappa shape index (κ3) is 8.32. The molecule has 1 aliphatic rings. The van der Waals surface area contributed by atoms with E-state index in [-0.39, 0.29) is 66.7 Å². The summed E-state index contributed by atoms with van der Waals surface area (Å²) in [5.74, 6) is -0.708. The Morgan fingerprint density at radius 3 is 2.56 bits per heavy atom. The van der Waals surface area contributed by atoms with Gasteiger partial charge in [0.2, 0.25) is 11.8 Å². The summed E-state index contributed by atoms with van der Waals surface area (Å²) in [6.07, 6.45) is 0.133. The molecular weight excluding hydrogens is 359 g/mol. The molecule has 27 heavy (non-hydrogen) atoms. The standard InChI is InChI=1S/C19H26N2O5.Na/c1-19(2,12-18(24)25)11-16(22)20-14-10-17(23)21(13-14)8-9-26-15-6-4-3-5-7-15;/h3-7,14H,8-13H2,1-2H3,(H,20,22)(H,24,25);/q;+1/p-1. The molecule has 2 rings (SSSR count). The summed E-state index contributed by atoms with van der Waals surface area (Å²) in [5, 5.41) is 13.5. The number of likely N-dealkylation sites (tertiary alicyclic amines) is 1. The van der Waals surface area contributed by atoms with Gasteiger partial charge in [-0.2, -0.15) is 0 Å². The predicted molar refractivity (Wildman–Crippen MR) is 93.1 cm³/mol. The van der Waals surface area contributed by atoms with E-state index in [0.717, 1.165) is 5.75 Å². The van der Waals surface area contributed by atoms with E-state index in [9.17, 15) is 19.5 Å². The Morgan fingerprint density at radius 2 is 1.93 bits per heavy atom. The molecule has 1 heterocycles. The SMILES string of the molecule is CC(C)(CC(=O)[O-])CC(=O)NC1CC(=O)N(CCOc2ccccc2)C1.[Na+]. The number of carboxylic acids is 1. The van der Waals surface area contributed by atoms with Crippen molar-refractivity contribution in [3.8, 4) is 5.75 Å². The molecule has 1 aromatic rings. The number of nitrogens with one attached hydrogen (secondary N) is 1. The van der Waals surface area contributed by atoms with Gasteiger partial charge < -0.3 is 24.9 Å². The molecule has 2 amide bonds. The first kappa shape index (κ1) is 23.5. The maximum atomic E-state index is 12.1. The van der Waals surface area contributed by atoms with Crippen LogP contribution in [0.1, 0.15) is 33.1 Å². The van der Waals surface area contributed by atoms with Crippen molar-refractivity contribution in [2.45, 2.75) is 39.2 Å². The average Bonchev–Trinajstić information content (AvgIpc) is 2.85. The summed E-state index contributed by atoms with van der Waals surface area (Å²) in [7, 11) is 0. The minimum atomic E-state index is -1.18. The second-order valence-electron chi connectivity index (χ2n) is 7.36. The van der Waals surface area contributed by atoms with Gasteiger partial charge >= 0.3 is 29.6 Å². The van der Waals surface area contributed by atoms with Crippen LogP contribution < -0.4 is 44.7 Å². The summed E-state index contributed by atoms with van der Waals surface area (Å²) >= 11 is 0. The second kappa shape index (κ2) is 10.7. The number of para-hydroxylation sites is 1. The van der Waals surface area contributed by atoms with E-state index in [1.165, 1.54) is 0 Å². The first-order valence-electron chi connectivity index (χ1n) is 8.70. The van der Waals surface area contributed by atoms with Crippen LogP contribution in [0.2, 0.25) is 0 Å². The zero-order valence-corrected chi connectivity index (χ0v) is 18.2. The number of carbonyl (C=O) groups excluding carboxylic acids is 3. The molecule has 7 nitrogen and oxygen atoms in total. The van der Waals surface area contributed by atoms with Gasteiger partial charge in [0.1, 0.15) is 12.4 Å². The van der Waals surface area contributed by atoms with Crippen LogP contribution in [0.25, 0.3) is 0 Å². The van der Waals surface area contributed by atoms with Gasteiger partial charge in [-0.3, -0.25) is 9.59 Å². The number of ether oxygens (including phenoxy) is 1. The summed E-state index contributed by atoms with van der Waals surface area (Å²) in [6, 6.07) is 9.10. The van der Waals surface area contributed by atoms with Gasteiger partial charge in [-0.1, -0.05) is 32.0 Å². The van der Waals surface area contributed by atoms with Crippen molar-refractivity contribution in [3.63, 3.8) is 0 Å². The monoisotopic (exact) mass is 384 g/mol. The summed E-state index contributed by atoms with van der Waals surface area (Å²) in [4.78, 5) is 36.6. The molecule has 0 radical (unpaired) electrons. The van der Waals surface area contributed by atoms with Gasteiger partial charge in [0.15, 0.2) is 0 Å². The molecular formula is C19H25N2NaO5. The van der Waals surface area contributed by atoms with Gasteiger partial charge in [0, 0.05) is 25.4 Å². The zero-order valence-electron chi connectivity index (χ0n) is 16.2. The first-order chi connectivity index (χ1) is 12.2.